The van der Waals surface area contributed by atoms with Crippen LogP contribution in [0.15, 0.2) is 59.5 Å². The lowest BCUT2D eigenvalue weighted by Gasteiger charge is -2.26. The van der Waals surface area contributed by atoms with Crippen LogP contribution in [0.3, 0.4) is 0 Å². The molecule has 0 radical (unpaired) electrons. The number of rotatable bonds is 7. The third-order valence-corrected chi connectivity index (χ3v) is 7.56. The van der Waals surface area contributed by atoms with Crippen molar-refractivity contribution in [1.82, 2.24) is 0 Å². The molecule has 0 spiro atoms. The first-order chi connectivity index (χ1) is 14.3. The zero-order valence-electron chi connectivity index (χ0n) is 15.9. The van der Waals surface area contributed by atoms with E-state index in [1.807, 2.05) is 0 Å². The Morgan fingerprint density at radius 1 is 1.03 bits per heavy atom. The normalized spacial score (nSPS) is 15.3. The number of sulfone groups is 1. The molecule has 0 saturated heterocycles. The van der Waals surface area contributed by atoms with Crippen LogP contribution in [0.4, 0.5) is 11.4 Å². The Labute approximate surface area is 173 Å². The summed E-state index contributed by atoms with van der Waals surface area (Å²) in [5.41, 5.74) is -0.355. The van der Waals surface area contributed by atoms with Crippen LogP contribution in [-0.2, 0) is 24.2 Å². The Morgan fingerprint density at radius 3 is 2.27 bits per heavy atom. The number of carbonyl (C=O) groups is 2. The van der Waals surface area contributed by atoms with E-state index in [-0.39, 0.29) is 29.1 Å². The van der Waals surface area contributed by atoms with E-state index in [9.17, 15) is 28.1 Å². The molecule has 1 fully saturated rings. The summed E-state index contributed by atoms with van der Waals surface area (Å²) in [6.45, 7) is -0.753. The summed E-state index contributed by atoms with van der Waals surface area (Å²) in [6.07, 6.45) is 1.30. The smallest absolute Gasteiger partial charge is 0.328 e. The average Bonchev–Trinajstić information content (AvgIpc) is 3.25. The van der Waals surface area contributed by atoms with E-state index in [0.29, 0.717) is 12.8 Å². The predicted molar refractivity (Wildman–Crippen MR) is 108 cm³/mol. The Hall–Kier alpha value is -3.27. The molecule has 1 N–H and O–H groups in total. The number of esters is 1. The van der Waals surface area contributed by atoms with E-state index < -0.39 is 38.0 Å². The zero-order chi connectivity index (χ0) is 21.8. The standard InChI is InChI=1S/C20H20N2O7S/c23-18(21-16-10-4-5-11-17(16)22(25)26)14-29-19(24)20(12-6-7-13-20)30(27,28)15-8-2-1-3-9-15/h1-5,8-11H,6-7,12-14H2,(H,21,23). The molecule has 0 bridgehead atoms. The van der Waals surface area contributed by atoms with Crippen molar-refractivity contribution >= 4 is 33.1 Å². The first kappa shape index (κ1) is 21.4. The molecule has 9 nitrogen and oxygen atoms in total. The van der Waals surface area contributed by atoms with Crippen molar-refractivity contribution in [3.8, 4) is 0 Å². The fourth-order valence-electron chi connectivity index (χ4n) is 3.54. The lowest BCUT2D eigenvalue weighted by molar-refractivity contribution is -0.383. The van der Waals surface area contributed by atoms with Crippen LogP contribution in [0.25, 0.3) is 0 Å². The summed E-state index contributed by atoms with van der Waals surface area (Å²) in [7, 11) is -4.02. The molecule has 10 heteroatoms. The fourth-order valence-corrected chi connectivity index (χ4v) is 5.61. The predicted octanol–water partition coefficient (Wildman–Crippen LogP) is 2.86. The number of anilines is 1. The highest BCUT2D eigenvalue weighted by Gasteiger charge is 2.54. The van der Waals surface area contributed by atoms with Crippen LogP contribution < -0.4 is 5.32 Å². The third-order valence-electron chi connectivity index (χ3n) is 5.06. The number of amides is 1. The Balaban J connectivity index is 1.74. The number of benzene rings is 2. The highest BCUT2D eigenvalue weighted by Crippen LogP contribution is 2.41. The molecule has 0 aromatic heterocycles. The number of nitrogens with zero attached hydrogens (tertiary/aromatic N) is 1. The van der Waals surface area contributed by atoms with Gasteiger partial charge < -0.3 is 10.1 Å². The average molecular weight is 432 g/mol. The van der Waals surface area contributed by atoms with Crippen molar-refractivity contribution in [2.75, 3.05) is 11.9 Å². The van der Waals surface area contributed by atoms with E-state index in [2.05, 4.69) is 5.32 Å². The number of para-hydroxylation sites is 2. The van der Waals surface area contributed by atoms with Gasteiger partial charge in [-0.2, -0.15) is 0 Å². The van der Waals surface area contributed by atoms with E-state index >= 15 is 0 Å². The minimum Gasteiger partial charge on any atom is -0.454 e. The summed E-state index contributed by atoms with van der Waals surface area (Å²) < 4.78 is 29.7. The maximum atomic E-state index is 13.2. The van der Waals surface area contributed by atoms with Gasteiger partial charge in [-0.05, 0) is 31.0 Å². The van der Waals surface area contributed by atoms with Gasteiger partial charge in [0.05, 0.1) is 9.82 Å². The van der Waals surface area contributed by atoms with E-state index in [1.54, 1.807) is 18.2 Å². The zero-order valence-corrected chi connectivity index (χ0v) is 16.8. The van der Waals surface area contributed by atoms with Gasteiger partial charge in [-0.15, -0.1) is 0 Å². The number of carbonyl (C=O) groups excluding carboxylic acids is 2. The van der Waals surface area contributed by atoms with Gasteiger partial charge in [-0.3, -0.25) is 19.7 Å². The summed E-state index contributed by atoms with van der Waals surface area (Å²) in [5.74, 6) is -1.79. The fraction of sp³-hybridized carbons (Fsp3) is 0.300. The first-order valence-corrected chi connectivity index (χ1v) is 10.8. The van der Waals surface area contributed by atoms with Gasteiger partial charge in [0.1, 0.15) is 5.69 Å². The van der Waals surface area contributed by atoms with Crippen LogP contribution in [0.5, 0.6) is 0 Å². The molecule has 2 aromatic carbocycles. The maximum Gasteiger partial charge on any atom is 0.328 e. The van der Waals surface area contributed by atoms with Gasteiger partial charge in [-0.1, -0.05) is 43.2 Å². The van der Waals surface area contributed by atoms with Gasteiger partial charge >= 0.3 is 5.97 Å². The second kappa shape index (κ2) is 8.62. The molecular formula is C20H20N2O7S. The Bertz CT molecular complexity index is 1060. The van der Waals surface area contributed by atoms with Crippen LogP contribution >= 0.6 is 0 Å². The van der Waals surface area contributed by atoms with E-state index in [0.717, 1.165) is 0 Å². The number of nitro groups is 1. The van der Waals surface area contributed by atoms with Crippen LogP contribution in [0.1, 0.15) is 25.7 Å². The quantitative estimate of drug-likeness (QED) is 0.404. The summed E-state index contributed by atoms with van der Waals surface area (Å²) in [6, 6.07) is 13.2. The van der Waals surface area contributed by atoms with Crippen molar-refractivity contribution < 1.29 is 27.7 Å². The Morgan fingerprint density at radius 2 is 1.63 bits per heavy atom. The number of nitrogens with one attached hydrogen (secondary N) is 1. The topological polar surface area (TPSA) is 133 Å². The molecule has 1 saturated carbocycles. The molecule has 30 heavy (non-hydrogen) atoms. The second-order valence-corrected chi connectivity index (χ2v) is 9.18. The monoisotopic (exact) mass is 432 g/mol. The van der Waals surface area contributed by atoms with Gasteiger partial charge in [0.15, 0.2) is 21.2 Å². The summed E-state index contributed by atoms with van der Waals surface area (Å²) >= 11 is 0. The maximum absolute atomic E-state index is 13.2. The second-order valence-electron chi connectivity index (χ2n) is 6.92. The summed E-state index contributed by atoms with van der Waals surface area (Å²) in [5, 5.41) is 13.3. The minimum atomic E-state index is -4.02. The largest absolute Gasteiger partial charge is 0.454 e. The first-order valence-electron chi connectivity index (χ1n) is 9.28. The molecule has 0 heterocycles. The molecule has 0 atom stereocenters. The highest BCUT2D eigenvalue weighted by atomic mass is 32.2. The van der Waals surface area contributed by atoms with Crippen LogP contribution in [-0.4, -0.2) is 36.6 Å². The number of hydrogen-bond donors (Lipinski definition) is 1. The molecule has 3 rings (SSSR count). The summed E-state index contributed by atoms with van der Waals surface area (Å²) in [4.78, 5) is 35.4. The Kier molecular flexibility index (Phi) is 6.16. The molecule has 0 aliphatic heterocycles. The number of nitro benzene ring substituents is 1. The molecule has 1 aliphatic rings. The molecule has 1 aliphatic carbocycles. The van der Waals surface area contributed by atoms with Gasteiger partial charge in [0.2, 0.25) is 0 Å². The molecule has 0 unspecified atom stereocenters. The number of ether oxygens (including phenoxy) is 1. The van der Waals surface area contributed by atoms with Gasteiger partial charge in [0, 0.05) is 6.07 Å². The lowest BCUT2D eigenvalue weighted by Crippen LogP contribution is -2.46. The molecule has 2 aromatic rings. The molecule has 1 amide bonds. The van der Waals surface area contributed by atoms with E-state index in [4.69, 9.17) is 4.74 Å². The van der Waals surface area contributed by atoms with Gasteiger partial charge in [-0.25, -0.2) is 8.42 Å². The third kappa shape index (κ3) is 4.04. The van der Waals surface area contributed by atoms with Crippen molar-refractivity contribution in [3.63, 3.8) is 0 Å². The molecule has 158 valence electrons. The molecular weight excluding hydrogens is 412 g/mol. The van der Waals surface area contributed by atoms with Crippen molar-refractivity contribution in [2.24, 2.45) is 0 Å². The van der Waals surface area contributed by atoms with Crippen molar-refractivity contribution in [1.29, 1.82) is 0 Å². The number of hydrogen-bond acceptors (Lipinski definition) is 7. The van der Waals surface area contributed by atoms with E-state index in [1.165, 1.54) is 36.4 Å². The SMILES string of the molecule is O=C(COC(=O)C1(S(=O)(=O)c2ccccc2)CCCC1)Nc1ccccc1[N+](=O)[O-]. The highest BCUT2D eigenvalue weighted by molar-refractivity contribution is 7.93. The van der Waals surface area contributed by atoms with Gasteiger partial charge in [0.25, 0.3) is 11.6 Å². The van der Waals surface area contributed by atoms with Crippen molar-refractivity contribution in [3.05, 3.63) is 64.7 Å². The van der Waals surface area contributed by atoms with Crippen molar-refractivity contribution in [2.45, 2.75) is 35.3 Å². The lowest BCUT2D eigenvalue weighted by atomic mass is 10.1. The van der Waals surface area contributed by atoms with Crippen LogP contribution in [0, 0.1) is 10.1 Å². The minimum absolute atomic E-state index is 0.0215. The van der Waals surface area contributed by atoms with Crippen LogP contribution in [0.2, 0.25) is 0 Å².